The maximum absolute atomic E-state index is 2.44. The molecule has 3 atom stereocenters. The Balaban J connectivity index is 1.69. The third kappa shape index (κ3) is 2.82. The summed E-state index contributed by atoms with van der Waals surface area (Å²) < 4.78 is 0. The number of hydrogen-bond donors (Lipinski definition) is 0. The second-order valence-electron chi connectivity index (χ2n) is 8.78. The van der Waals surface area contributed by atoms with Crippen molar-refractivity contribution in [1.82, 2.24) is 0 Å². The minimum absolute atomic E-state index is 0.532. The van der Waals surface area contributed by atoms with Crippen LogP contribution in [-0.4, -0.2) is 0 Å². The molecule has 2 aromatic rings. The van der Waals surface area contributed by atoms with Gasteiger partial charge in [-0.25, -0.2) is 0 Å². The maximum atomic E-state index is 2.44. The van der Waals surface area contributed by atoms with Gasteiger partial charge in [0.1, 0.15) is 0 Å². The first-order valence-electron chi connectivity index (χ1n) is 11.2. The Hall–Kier alpha value is -3.12. The van der Waals surface area contributed by atoms with Crippen molar-refractivity contribution in [3.63, 3.8) is 0 Å². The molecule has 0 saturated carbocycles. The molecule has 0 aliphatic heterocycles. The van der Waals surface area contributed by atoms with Gasteiger partial charge in [-0.1, -0.05) is 103 Å². The summed E-state index contributed by atoms with van der Waals surface area (Å²) in [6.07, 6.45) is 24.5. The summed E-state index contributed by atoms with van der Waals surface area (Å²) in [4.78, 5) is 0. The molecule has 0 fully saturated rings. The fourth-order valence-electron chi connectivity index (χ4n) is 5.76. The van der Waals surface area contributed by atoms with E-state index in [-0.39, 0.29) is 0 Å². The summed E-state index contributed by atoms with van der Waals surface area (Å²) in [5.74, 6) is 1.66. The van der Waals surface area contributed by atoms with Crippen molar-refractivity contribution in [3.8, 4) is 11.1 Å². The molecular formula is C30H26. The molecule has 0 bridgehead atoms. The highest BCUT2D eigenvalue weighted by Gasteiger charge is 2.35. The second-order valence-corrected chi connectivity index (χ2v) is 8.78. The molecule has 0 saturated heterocycles. The van der Waals surface area contributed by atoms with E-state index in [0.29, 0.717) is 17.8 Å². The molecule has 0 heterocycles. The Labute approximate surface area is 178 Å². The van der Waals surface area contributed by atoms with E-state index in [1.807, 2.05) is 0 Å². The Morgan fingerprint density at radius 1 is 0.800 bits per heavy atom. The summed E-state index contributed by atoms with van der Waals surface area (Å²) in [5.41, 5.74) is 7.32. The van der Waals surface area contributed by atoms with Gasteiger partial charge in [0.2, 0.25) is 0 Å². The van der Waals surface area contributed by atoms with E-state index in [9.17, 15) is 0 Å². The van der Waals surface area contributed by atoms with Gasteiger partial charge in [-0.3, -0.25) is 0 Å². The topological polar surface area (TPSA) is 0 Å². The van der Waals surface area contributed by atoms with E-state index >= 15 is 0 Å². The lowest BCUT2D eigenvalue weighted by Gasteiger charge is -2.38. The molecule has 30 heavy (non-hydrogen) atoms. The van der Waals surface area contributed by atoms with Crippen LogP contribution in [0.15, 0.2) is 109 Å². The first-order valence-corrected chi connectivity index (χ1v) is 11.2. The molecule has 6 rings (SSSR count). The number of allylic oxidation sites excluding steroid dienone is 10. The lowest BCUT2D eigenvalue weighted by atomic mass is 9.66. The molecule has 0 heteroatoms. The first kappa shape index (κ1) is 17.7. The highest BCUT2D eigenvalue weighted by Crippen LogP contribution is 2.44. The van der Waals surface area contributed by atoms with Crippen molar-refractivity contribution in [2.45, 2.75) is 19.3 Å². The zero-order valence-electron chi connectivity index (χ0n) is 17.2. The van der Waals surface area contributed by atoms with E-state index in [1.54, 1.807) is 5.57 Å². The Morgan fingerprint density at radius 2 is 1.70 bits per heavy atom. The van der Waals surface area contributed by atoms with Gasteiger partial charge in [-0.05, 0) is 69.4 Å². The van der Waals surface area contributed by atoms with Crippen molar-refractivity contribution < 1.29 is 0 Å². The van der Waals surface area contributed by atoms with Crippen LogP contribution in [0, 0.1) is 17.8 Å². The molecule has 3 unspecified atom stereocenters. The number of benzene rings is 2. The third-order valence-electron chi connectivity index (χ3n) is 7.17. The van der Waals surface area contributed by atoms with Crippen LogP contribution in [0.5, 0.6) is 0 Å². The van der Waals surface area contributed by atoms with Crippen molar-refractivity contribution in [2.75, 3.05) is 0 Å². The molecule has 0 aromatic heterocycles. The van der Waals surface area contributed by atoms with E-state index in [1.165, 1.54) is 32.7 Å². The van der Waals surface area contributed by atoms with Crippen molar-refractivity contribution >= 4 is 11.1 Å². The van der Waals surface area contributed by atoms with Gasteiger partial charge in [0.25, 0.3) is 0 Å². The second kappa shape index (κ2) is 7.29. The van der Waals surface area contributed by atoms with Crippen LogP contribution in [0.25, 0.3) is 22.3 Å². The lowest BCUT2D eigenvalue weighted by molar-refractivity contribution is 0.420. The highest BCUT2D eigenvalue weighted by atomic mass is 14.4. The quantitative estimate of drug-likeness (QED) is 0.605. The summed E-state index contributed by atoms with van der Waals surface area (Å²) in [6.45, 7) is 0. The van der Waals surface area contributed by atoms with Gasteiger partial charge >= 0.3 is 0 Å². The molecule has 0 spiro atoms. The fourth-order valence-corrected chi connectivity index (χ4v) is 5.76. The van der Waals surface area contributed by atoms with Gasteiger partial charge in [0, 0.05) is 5.92 Å². The van der Waals surface area contributed by atoms with E-state index in [0.717, 1.165) is 19.3 Å². The monoisotopic (exact) mass is 386 g/mol. The molecule has 0 amide bonds. The minimum Gasteiger partial charge on any atom is -0.0842 e. The van der Waals surface area contributed by atoms with Gasteiger partial charge in [-0.15, -0.1) is 0 Å². The van der Waals surface area contributed by atoms with Crippen molar-refractivity contribution in [2.24, 2.45) is 17.8 Å². The summed E-state index contributed by atoms with van der Waals surface area (Å²) in [5, 5.41) is 2.91. The standard InChI is InChI=1S/C30H26/c1-3-10-21(11-4-1)25-16-9-17-27-26-19-18-23-14-7-8-15-24(23)29(26)20-28(30(25)27)22-12-5-2-6-13-22/h1-5,7-12,14-19,23-24,29H,6,13,20H2. The molecule has 4 aliphatic rings. The average Bonchev–Trinajstić information content (AvgIpc) is 2.84. The lowest BCUT2D eigenvalue weighted by Crippen LogP contribution is -2.41. The zero-order chi connectivity index (χ0) is 19.9. The molecule has 4 aliphatic carbocycles. The maximum Gasteiger partial charge on any atom is 0.00218 e. The predicted molar refractivity (Wildman–Crippen MR) is 127 cm³/mol. The summed E-state index contributed by atoms with van der Waals surface area (Å²) >= 11 is 0. The molecule has 0 nitrogen and oxygen atoms in total. The van der Waals surface area contributed by atoms with Crippen LogP contribution in [-0.2, 0) is 0 Å². The van der Waals surface area contributed by atoms with Crippen LogP contribution >= 0.6 is 0 Å². The predicted octanol–water partition coefficient (Wildman–Crippen LogP) is 5.88. The van der Waals surface area contributed by atoms with Crippen LogP contribution in [0.1, 0.15) is 19.3 Å². The van der Waals surface area contributed by atoms with Crippen molar-refractivity contribution in [3.05, 3.63) is 119 Å². The average molecular weight is 387 g/mol. The van der Waals surface area contributed by atoms with Crippen LogP contribution in [0.4, 0.5) is 0 Å². The van der Waals surface area contributed by atoms with Crippen LogP contribution in [0.2, 0.25) is 0 Å². The van der Waals surface area contributed by atoms with Gasteiger partial charge < -0.3 is 0 Å². The van der Waals surface area contributed by atoms with E-state index in [4.69, 9.17) is 0 Å². The molecule has 2 aromatic carbocycles. The van der Waals surface area contributed by atoms with Crippen LogP contribution < -0.4 is 10.4 Å². The van der Waals surface area contributed by atoms with Crippen LogP contribution in [0.3, 0.4) is 0 Å². The number of hydrogen-bond acceptors (Lipinski definition) is 0. The number of fused-ring (bicyclic) bond motifs is 4. The Morgan fingerprint density at radius 3 is 2.57 bits per heavy atom. The van der Waals surface area contributed by atoms with Gasteiger partial charge in [-0.2, -0.15) is 0 Å². The zero-order valence-corrected chi connectivity index (χ0v) is 17.2. The SMILES string of the molecule is C1=CCCC(C2=c3c(-c4ccccc4)cccc3=C3C=CC4C=CC=CC4C3C2)=C1. The largest absolute Gasteiger partial charge is 0.0842 e. The molecule has 146 valence electrons. The smallest absolute Gasteiger partial charge is 0.00218 e. The van der Waals surface area contributed by atoms with Gasteiger partial charge in [0.15, 0.2) is 0 Å². The van der Waals surface area contributed by atoms with Gasteiger partial charge in [0.05, 0.1) is 0 Å². The van der Waals surface area contributed by atoms with E-state index in [2.05, 4.69) is 103 Å². The third-order valence-corrected chi connectivity index (χ3v) is 7.17. The number of rotatable bonds is 2. The summed E-state index contributed by atoms with van der Waals surface area (Å²) in [6, 6.07) is 17.8. The normalized spacial score (nSPS) is 26.1. The molecule has 0 N–H and O–H groups in total. The first-order chi connectivity index (χ1) is 14.9. The minimum atomic E-state index is 0.532. The molecular weight excluding hydrogens is 360 g/mol. The highest BCUT2D eigenvalue weighted by molar-refractivity contribution is 5.80. The Bertz CT molecular complexity index is 1260. The molecule has 0 radical (unpaired) electrons. The van der Waals surface area contributed by atoms with E-state index < -0.39 is 0 Å². The fraction of sp³-hybridized carbons (Fsp3) is 0.200. The van der Waals surface area contributed by atoms with Crippen molar-refractivity contribution in [1.29, 1.82) is 0 Å². The summed E-state index contributed by atoms with van der Waals surface area (Å²) in [7, 11) is 0. The Kier molecular flexibility index (Phi) is 4.30.